The topological polar surface area (TPSA) is 66.0 Å². The molecule has 1 unspecified atom stereocenters. The smallest absolute Gasteiger partial charge is 0.310 e. The van der Waals surface area contributed by atoms with E-state index in [9.17, 15) is 4.79 Å². The number of rotatable bonds is 5. The number of pyridine rings is 1. The number of nitrogens with zero attached hydrogens (tertiary/aromatic N) is 1. The molecule has 2 rings (SSSR count). The lowest BCUT2D eigenvalue weighted by Crippen LogP contribution is -2.20. The van der Waals surface area contributed by atoms with Gasteiger partial charge in [-0.25, -0.2) is 9.78 Å². The first-order valence-electron chi connectivity index (χ1n) is 7.01. The summed E-state index contributed by atoms with van der Waals surface area (Å²) in [5, 5.41) is 8.80. The van der Waals surface area contributed by atoms with Crippen molar-refractivity contribution in [2.24, 2.45) is 0 Å². The van der Waals surface area contributed by atoms with Crippen LogP contribution < -0.4 is 16.0 Å². The van der Waals surface area contributed by atoms with Crippen molar-refractivity contribution in [1.29, 1.82) is 0 Å². The number of urea groups is 1. The van der Waals surface area contributed by atoms with Crippen molar-refractivity contribution in [3.63, 3.8) is 0 Å². The van der Waals surface area contributed by atoms with E-state index in [4.69, 9.17) is 0 Å². The lowest BCUT2D eigenvalue weighted by Gasteiger charge is -2.13. The number of amides is 2. The van der Waals surface area contributed by atoms with Crippen LogP contribution in [-0.4, -0.2) is 17.6 Å². The number of aromatic nitrogens is 1. The third kappa shape index (κ3) is 4.57. The molecule has 1 atom stereocenters. The Labute approximate surface area is 124 Å². The molecule has 1 aromatic carbocycles. The van der Waals surface area contributed by atoms with Crippen LogP contribution in [0.4, 0.5) is 16.3 Å². The number of carbonyl (C=O) groups is 1. The average molecular weight is 284 g/mol. The maximum absolute atomic E-state index is 11.8. The molecule has 21 heavy (non-hydrogen) atoms. The zero-order valence-corrected chi connectivity index (χ0v) is 12.3. The largest absolute Gasteiger partial charge is 0.324 e. The molecule has 3 N–H and O–H groups in total. The molecule has 2 aromatic rings. The Bertz CT molecular complexity index is 569. The minimum atomic E-state index is -0.304. The van der Waals surface area contributed by atoms with Crippen molar-refractivity contribution < 1.29 is 4.79 Å². The quantitative estimate of drug-likeness (QED) is 0.788. The first-order chi connectivity index (χ1) is 10.2. The van der Waals surface area contributed by atoms with E-state index < -0.39 is 0 Å². The number of carbonyl (C=O) groups excluding carboxylic acids is 1. The van der Waals surface area contributed by atoms with Gasteiger partial charge in [0.2, 0.25) is 0 Å². The van der Waals surface area contributed by atoms with Gasteiger partial charge in [-0.2, -0.15) is 0 Å². The normalized spacial score (nSPS) is 11.7. The summed E-state index contributed by atoms with van der Waals surface area (Å²) in [5.41, 5.74) is 1.93. The first kappa shape index (κ1) is 15.0. The molecule has 1 heterocycles. The highest BCUT2D eigenvalue weighted by atomic mass is 16.2. The van der Waals surface area contributed by atoms with Crippen molar-refractivity contribution in [1.82, 2.24) is 10.3 Å². The zero-order valence-electron chi connectivity index (χ0n) is 12.3. The van der Waals surface area contributed by atoms with E-state index in [1.165, 1.54) is 5.56 Å². The van der Waals surface area contributed by atoms with Crippen LogP contribution in [0.2, 0.25) is 0 Å². The fraction of sp³-hybridized carbons (Fsp3) is 0.250. The van der Waals surface area contributed by atoms with E-state index in [2.05, 4.69) is 34.8 Å². The highest BCUT2D eigenvalue weighted by molar-refractivity contribution is 5.99. The highest BCUT2D eigenvalue weighted by Crippen LogP contribution is 2.16. The summed E-state index contributed by atoms with van der Waals surface area (Å²) in [7, 11) is 0. The van der Waals surface area contributed by atoms with Crippen LogP contribution in [0.5, 0.6) is 0 Å². The van der Waals surface area contributed by atoms with E-state index in [0.717, 1.165) is 12.2 Å². The van der Waals surface area contributed by atoms with Crippen LogP contribution in [0.1, 0.15) is 25.5 Å². The molecule has 1 aromatic heterocycles. The van der Waals surface area contributed by atoms with Crippen LogP contribution in [0, 0.1) is 0 Å². The maximum Gasteiger partial charge on any atom is 0.324 e. The average Bonchev–Trinajstić information content (AvgIpc) is 2.49. The number of benzene rings is 1. The number of hydrogen-bond donors (Lipinski definition) is 3. The summed E-state index contributed by atoms with van der Waals surface area (Å²) in [5.74, 6) is 0.521. The zero-order chi connectivity index (χ0) is 15.1. The van der Waals surface area contributed by atoms with E-state index in [-0.39, 0.29) is 6.03 Å². The van der Waals surface area contributed by atoms with Gasteiger partial charge in [0.05, 0.1) is 0 Å². The summed E-state index contributed by atoms with van der Waals surface area (Å²) >= 11 is 0. The highest BCUT2D eigenvalue weighted by Gasteiger charge is 2.05. The standard InChI is InChI=1S/C16H20N4O/c1-3-17-12(2)13-7-9-14(10-8-13)19-16(21)20-15-6-4-5-11-18-15/h4-12,17H,3H2,1-2H3,(H2,18,19,20,21). The van der Waals surface area contributed by atoms with Gasteiger partial charge >= 0.3 is 6.03 Å². The van der Waals surface area contributed by atoms with E-state index in [1.54, 1.807) is 18.3 Å². The Morgan fingerprint density at radius 1 is 1.14 bits per heavy atom. The Hall–Kier alpha value is -2.40. The molecule has 0 aliphatic heterocycles. The van der Waals surface area contributed by atoms with Crippen LogP contribution in [0.15, 0.2) is 48.7 Å². The third-order valence-corrected chi connectivity index (χ3v) is 3.09. The van der Waals surface area contributed by atoms with E-state index >= 15 is 0 Å². The minimum absolute atomic E-state index is 0.298. The van der Waals surface area contributed by atoms with Gasteiger partial charge in [-0.3, -0.25) is 5.32 Å². The molecule has 0 fully saturated rings. The second-order valence-corrected chi connectivity index (χ2v) is 4.70. The Morgan fingerprint density at radius 3 is 2.52 bits per heavy atom. The lowest BCUT2D eigenvalue weighted by molar-refractivity contribution is 0.262. The van der Waals surface area contributed by atoms with Crippen molar-refractivity contribution in [3.05, 3.63) is 54.2 Å². The molecule has 2 amide bonds. The fourth-order valence-electron chi connectivity index (χ4n) is 1.99. The predicted octanol–water partition coefficient (Wildman–Crippen LogP) is 3.40. The lowest BCUT2D eigenvalue weighted by atomic mass is 10.1. The van der Waals surface area contributed by atoms with Crippen molar-refractivity contribution in [3.8, 4) is 0 Å². The molecule has 0 radical (unpaired) electrons. The first-order valence-corrected chi connectivity index (χ1v) is 7.01. The third-order valence-electron chi connectivity index (χ3n) is 3.09. The van der Waals surface area contributed by atoms with Gasteiger partial charge < -0.3 is 10.6 Å². The van der Waals surface area contributed by atoms with Crippen LogP contribution >= 0.6 is 0 Å². The molecule has 0 saturated carbocycles. The molecule has 0 aliphatic rings. The number of hydrogen-bond acceptors (Lipinski definition) is 3. The van der Waals surface area contributed by atoms with Crippen molar-refractivity contribution in [2.45, 2.75) is 19.9 Å². The summed E-state index contributed by atoms with van der Waals surface area (Å²) in [6.45, 7) is 5.11. The van der Waals surface area contributed by atoms with Gasteiger partial charge in [-0.05, 0) is 43.3 Å². The second-order valence-electron chi connectivity index (χ2n) is 4.70. The molecule has 0 aliphatic carbocycles. The molecule has 110 valence electrons. The number of anilines is 2. The van der Waals surface area contributed by atoms with Crippen LogP contribution in [0.3, 0.4) is 0 Å². The van der Waals surface area contributed by atoms with E-state index in [1.807, 2.05) is 30.3 Å². The SMILES string of the molecule is CCNC(C)c1ccc(NC(=O)Nc2ccccn2)cc1. The van der Waals surface area contributed by atoms with Gasteiger partial charge in [-0.15, -0.1) is 0 Å². The van der Waals surface area contributed by atoms with Crippen LogP contribution in [-0.2, 0) is 0 Å². The summed E-state index contributed by atoms with van der Waals surface area (Å²) in [4.78, 5) is 15.9. The minimum Gasteiger partial charge on any atom is -0.310 e. The molecule has 0 bridgehead atoms. The van der Waals surface area contributed by atoms with Crippen molar-refractivity contribution in [2.75, 3.05) is 17.2 Å². The Balaban J connectivity index is 1.92. The van der Waals surface area contributed by atoms with Crippen molar-refractivity contribution >= 4 is 17.5 Å². The summed E-state index contributed by atoms with van der Waals surface area (Å²) in [6, 6.07) is 13.1. The molecule has 5 nitrogen and oxygen atoms in total. The maximum atomic E-state index is 11.8. The molecule has 5 heteroatoms. The molecular formula is C16H20N4O. The Morgan fingerprint density at radius 2 is 1.90 bits per heavy atom. The monoisotopic (exact) mass is 284 g/mol. The van der Waals surface area contributed by atoms with Gasteiger partial charge in [0.15, 0.2) is 0 Å². The van der Waals surface area contributed by atoms with Gasteiger partial charge in [0, 0.05) is 17.9 Å². The number of nitrogens with one attached hydrogen (secondary N) is 3. The summed E-state index contributed by atoms with van der Waals surface area (Å²) < 4.78 is 0. The molecular weight excluding hydrogens is 264 g/mol. The van der Waals surface area contributed by atoms with Gasteiger partial charge in [0.25, 0.3) is 0 Å². The van der Waals surface area contributed by atoms with Gasteiger partial charge in [-0.1, -0.05) is 25.1 Å². The molecule has 0 spiro atoms. The van der Waals surface area contributed by atoms with Gasteiger partial charge in [0.1, 0.15) is 5.82 Å². The second kappa shape index (κ2) is 7.40. The van der Waals surface area contributed by atoms with Crippen LogP contribution in [0.25, 0.3) is 0 Å². The van der Waals surface area contributed by atoms with E-state index in [0.29, 0.717) is 11.9 Å². The fourth-order valence-corrected chi connectivity index (χ4v) is 1.99. The summed E-state index contributed by atoms with van der Waals surface area (Å²) in [6.07, 6.45) is 1.63. The predicted molar refractivity (Wildman–Crippen MR) is 85.4 cm³/mol. The Kier molecular flexibility index (Phi) is 5.29. The molecule has 0 saturated heterocycles.